The second kappa shape index (κ2) is 9.45. The Kier molecular flexibility index (Phi) is 7.02. The highest BCUT2D eigenvalue weighted by Gasteiger charge is 2.20. The number of hydrogen-bond donors (Lipinski definition) is 2. The number of nitrogens with zero attached hydrogens (tertiary/aromatic N) is 1. The number of nitro groups is 1. The summed E-state index contributed by atoms with van der Waals surface area (Å²) in [5.41, 5.74) is 2.46. The fraction of sp³-hybridized carbons (Fsp3) is 0.250. The van der Waals surface area contributed by atoms with Gasteiger partial charge in [0.25, 0.3) is 11.6 Å². The molecule has 0 bridgehead atoms. The predicted molar refractivity (Wildman–Crippen MR) is 107 cm³/mol. The van der Waals surface area contributed by atoms with E-state index in [1.807, 2.05) is 0 Å². The number of ether oxygens (including phenoxy) is 1. The first-order valence-electron chi connectivity index (χ1n) is 8.74. The van der Waals surface area contributed by atoms with Crippen molar-refractivity contribution in [1.29, 1.82) is 0 Å². The Hall–Kier alpha value is -3.75. The molecule has 2 aromatic carbocycles. The minimum atomic E-state index is -0.670. The number of benzene rings is 2. The summed E-state index contributed by atoms with van der Waals surface area (Å²) >= 11 is 0. The van der Waals surface area contributed by atoms with Crippen LogP contribution in [-0.2, 0) is 25.5 Å². The van der Waals surface area contributed by atoms with Crippen LogP contribution in [0.15, 0.2) is 36.4 Å². The number of nitro benzene ring substituents is 1. The van der Waals surface area contributed by atoms with Gasteiger partial charge in [0.2, 0.25) is 5.91 Å². The van der Waals surface area contributed by atoms with Gasteiger partial charge in [-0.25, -0.2) is 0 Å². The zero-order valence-electron chi connectivity index (χ0n) is 16.3. The van der Waals surface area contributed by atoms with Crippen molar-refractivity contribution in [2.75, 3.05) is 17.2 Å². The molecule has 2 aromatic rings. The Labute approximate surface area is 167 Å². The van der Waals surface area contributed by atoms with Gasteiger partial charge in [0.1, 0.15) is 5.69 Å². The highest BCUT2D eigenvalue weighted by Crippen LogP contribution is 2.30. The van der Waals surface area contributed by atoms with Crippen molar-refractivity contribution in [3.05, 3.63) is 63.2 Å². The van der Waals surface area contributed by atoms with Crippen LogP contribution in [0.4, 0.5) is 17.1 Å². The molecule has 0 saturated carbocycles. The molecule has 0 heterocycles. The van der Waals surface area contributed by atoms with E-state index in [0.29, 0.717) is 16.8 Å². The third-order valence-electron chi connectivity index (χ3n) is 4.16. The number of hydrogen-bond acceptors (Lipinski definition) is 6. The van der Waals surface area contributed by atoms with Crippen molar-refractivity contribution in [1.82, 2.24) is 0 Å². The number of rotatable bonds is 7. The molecule has 0 aliphatic rings. The molecule has 29 heavy (non-hydrogen) atoms. The van der Waals surface area contributed by atoms with Gasteiger partial charge in [0, 0.05) is 18.7 Å². The standard InChI is InChI=1S/C20H21N3O6/c1-12-4-9-17(23(27)28)20(13(12)2)22-18(25)11-29-19(26)10-15-5-7-16(8-6-15)21-14(3)24/h4-9H,10-11H2,1-3H3,(H,21,24)(H,22,25). The van der Waals surface area contributed by atoms with E-state index in [1.54, 1.807) is 44.2 Å². The Morgan fingerprint density at radius 3 is 2.28 bits per heavy atom. The molecule has 2 rings (SSSR count). The van der Waals surface area contributed by atoms with Crippen molar-refractivity contribution in [2.24, 2.45) is 0 Å². The predicted octanol–water partition coefficient (Wildman–Crippen LogP) is 2.89. The van der Waals surface area contributed by atoms with Crippen molar-refractivity contribution in [3.63, 3.8) is 0 Å². The number of carbonyl (C=O) groups excluding carboxylic acids is 3. The first-order valence-corrected chi connectivity index (χ1v) is 8.74. The molecule has 0 aromatic heterocycles. The van der Waals surface area contributed by atoms with Crippen LogP contribution in [0.5, 0.6) is 0 Å². The Bertz CT molecular complexity index is 953. The van der Waals surface area contributed by atoms with Crippen LogP contribution >= 0.6 is 0 Å². The molecule has 0 saturated heterocycles. The molecule has 0 aliphatic carbocycles. The van der Waals surface area contributed by atoms with E-state index >= 15 is 0 Å². The van der Waals surface area contributed by atoms with Crippen LogP contribution in [0.2, 0.25) is 0 Å². The summed E-state index contributed by atoms with van der Waals surface area (Å²) in [5, 5.41) is 16.2. The smallest absolute Gasteiger partial charge is 0.310 e. The SMILES string of the molecule is CC(=O)Nc1ccc(CC(=O)OCC(=O)Nc2c([N+](=O)[O-])ccc(C)c2C)cc1. The molecule has 0 atom stereocenters. The minimum Gasteiger partial charge on any atom is -0.455 e. The molecule has 2 amide bonds. The number of amides is 2. The van der Waals surface area contributed by atoms with Gasteiger partial charge in [-0.3, -0.25) is 24.5 Å². The van der Waals surface area contributed by atoms with E-state index in [0.717, 1.165) is 5.56 Å². The van der Waals surface area contributed by atoms with Crippen molar-refractivity contribution in [3.8, 4) is 0 Å². The van der Waals surface area contributed by atoms with E-state index in [4.69, 9.17) is 4.74 Å². The fourth-order valence-electron chi connectivity index (χ4n) is 2.56. The first kappa shape index (κ1) is 21.5. The minimum absolute atomic E-state index is 0.0583. The lowest BCUT2D eigenvalue weighted by Crippen LogP contribution is -2.22. The lowest BCUT2D eigenvalue weighted by atomic mass is 10.1. The number of aryl methyl sites for hydroxylation is 1. The summed E-state index contributed by atoms with van der Waals surface area (Å²) in [6.45, 7) is 4.26. The number of nitrogens with one attached hydrogen (secondary N) is 2. The summed E-state index contributed by atoms with van der Waals surface area (Å²) in [7, 11) is 0. The molecule has 9 nitrogen and oxygen atoms in total. The molecule has 2 N–H and O–H groups in total. The Morgan fingerprint density at radius 2 is 1.69 bits per heavy atom. The Balaban J connectivity index is 1.93. The second-order valence-electron chi connectivity index (χ2n) is 6.42. The molecule has 0 fully saturated rings. The first-order chi connectivity index (χ1) is 13.7. The maximum Gasteiger partial charge on any atom is 0.310 e. The zero-order chi connectivity index (χ0) is 21.6. The van der Waals surface area contributed by atoms with E-state index in [1.165, 1.54) is 13.0 Å². The fourth-order valence-corrected chi connectivity index (χ4v) is 2.56. The van der Waals surface area contributed by atoms with E-state index in [9.17, 15) is 24.5 Å². The summed E-state index contributed by atoms with van der Waals surface area (Å²) in [5.74, 6) is -1.49. The molecular weight excluding hydrogens is 378 g/mol. The lowest BCUT2D eigenvalue weighted by molar-refractivity contribution is -0.384. The average Bonchev–Trinajstić information content (AvgIpc) is 2.65. The largest absolute Gasteiger partial charge is 0.455 e. The monoisotopic (exact) mass is 399 g/mol. The van der Waals surface area contributed by atoms with E-state index in [2.05, 4.69) is 10.6 Å². The molecule has 0 spiro atoms. The summed E-state index contributed by atoms with van der Waals surface area (Å²) in [6, 6.07) is 9.53. The van der Waals surface area contributed by atoms with Crippen LogP contribution < -0.4 is 10.6 Å². The maximum absolute atomic E-state index is 12.1. The Morgan fingerprint density at radius 1 is 1.03 bits per heavy atom. The van der Waals surface area contributed by atoms with Gasteiger partial charge >= 0.3 is 5.97 Å². The van der Waals surface area contributed by atoms with Crippen molar-refractivity contribution >= 4 is 34.8 Å². The third-order valence-corrected chi connectivity index (χ3v) is 4.16. The zero-order valence-corrected chi connectivity index (χ0v) is 16.3. The molecule has 0 radical (unpaired) electrons. The molecule has 0 aliphatic heterocycles. The highest BCUT2D eigenvalue weighted by molar-refractivity contribution is 5.96. The molecule has 9 heteroatoms. The van der Waals surface area contributed by atoms with Crippen molar-refractivity contribution < 1.29 is 24.0 Å². The second-order valence-corrected chi connectivity index (χ2v) is 6.42. The van der Waals surface area contributed by atoms with Crippen molar-refractivity contribution in [2.45, 2.75) is 27.2 Å². The van der Waals surface area contributed by atoms with Gasteiger partial charge < -0.3 is 15.4 Å². The molecule has 0 unspecified atom stereocenters. The van der Waals surface area contributed by atoms with Gasteiger partial charge in [-0.2, -0.15) is 0 Å². The number of anilines is 2. The quantitative estimate of drug-likeness (QED) is 0.419. The van der Waals surface area contributed by atoms with Gasteiger partial charge in [0.05, 0.1) is 11.3 Å². The van der Waals surface area contributed by atoms with E-state index < -0.39 is 23.4 Å². The van der Waals surface area contributed by atoms with Crippen LogP contribution in [-0.4, -0.2) is 29.3 Å². The van der Waals surface area contributed by atoms with Crippen LogP contribution in [0.1, 0.15) is 23.6 Å². The summed E-state index contributed by atoms with van der Waals surface area (Å²) < 4.78 is 4.95. The summed E-state index contributed by atoms with van der Waals surface area (Å²) in [4.78, 5) is 45.6. The van der Waals surface area contributed by atoms with Crippen LogP contribution in [0.3, 0.4) is 0 Å². The van der Waals surface area contributed by atoms with Crippen LogP contribution in [0, 0.1) is 24.0 Å². The maximum atomic E-state index is 12.1. The van der Waals surface area contributed by atoms with Gasteiger partial charge in [-0.05, 0) is 42.7 Å². The van der Waals surface area contributed by atoms with E-state index in [-0.39, 0.29) is 23.7 Å². The van der Waals surface area contributed by atoms with Gasteiger partial charge in [0.15, 0.2) is 6.61 Å². The topological polar surface area (TPSA) is 128 Å². The third kappa shape index (κ3) is 6.13. The number of esters is 1. The normalized spacial score (nSPS) is 10.2. The molecule has 152 valence electrons. The number of carbonyl (C=O) groups is 3. The average molecular weight is 399 g/mol. The lowest BCUT2D eigenvalue weighted by Gasteiger charge is -2.11. The van der Waals surface area contributed by atoms with Crippen LogP contribution in [0.25, 0.3) is 0 Å². The van der Waals surface area contributed by atoms with Gasteiger partial charge in [-0.15, -0.1) is 0 Å². The van der Waals surface area contributed by atoms with Gasteiger partial charge in [-0.1, -0.05) is 18.2 Å². The highest BCUT2D eigenvalue weighted by atomic mass is 16.6. The molecular formula is C20H21N3O6. The summed E-state index contributed by atoms with van der Waals surface area (Å²) in [6.07, 6.45) is -0.0583.